The van der Waals surface area contributed by atoms with Crippen molar-refractivity contribution in [2.75, 3.05) is 0 Å². The molecule has 6 nitrogen and oxygen atoms in total. The van der Waals surface area contributed by atoms with Crippen LogP contribution in [0.5, 0.6) is 0 Å². The molecule has 4 aromatic rings. The Morgan fingerprint density at radius 1 is 1.23 bits per heavy atom. The second-order valence-corrected chi connectivity index (χ2v) is 7.13. The molecule has 26 heavy (non-hydrogen) atoms. The molecule has 4 rings (SSSR count). The molecule has 0 saturated carbocycles. The molecule has 0 aliphatic carbocycles. The van der Waals surface area contributed by atoms with Crippen molar-refractivity contribution >= 4 is 17.2 Å². The maximum Gasteiger partial charge on any atom is 0.272 e. The monoisotopic (exact) mass is 363 g/mol. The van der Waals surface area contributed by atoms with Gasteiger partial charge in [-0.2, -0.15) is 10.2 Å². The third kappa shape index (κ3) is 3.29. The molecule has 1 aromatic carbocycles. The van der Waals surface area contributed by atoms with Gasteiger partial charge in [0.25, 0.3) is 5.91 Å². The third-order valence-corrected chi connectivity index (χ3v) is 5.03. The number of benzene rings is 1. The van der Waals surface area contributed by atoms with Crippen molar-refractivity contribution in [3.05, 3.63) is 77.1 Å². The van der Waals surface area contributed by atoms with Gasteiger partial charge in [0, 0.05) is 23.8 Å². The number of carbonyl (C=O) groups is 1. The van der Waals surface area contributed by atoms with Gasteiger partial charge in [0.2, 0.25) is 0 Å². The fourth-order valence-electron chi connectivity index (χ4n) is 2.70. The minimum Gasteiger partial charge on any atom is -0.346 e. The number of aryl methyl sites for hydroxylation is 1. The second-order valence-electron chi connectivity index (χ2n) is 5.84. The average molecular weight is 363 g/mol. The minimum atomic E-state index is -0.212. The molecule has 3 aromatic heterocycles. The highest BCUT2D eigenvalue weighted by molar-refractivity contribution is 7.15. The zero-order valence-electron chi connectivity index (χ0n) is 14.1. The summed E-state index contributed by atoms with van der Waals surface area (Å²) in [4.78, 5) is 14.7. The predicted octanol–water partition coefficient (Wildman–Crippen LogP) is 3.56. The van der Waals surface area contributed by atoms with Gasteiger partial charge >= 0.3 is 0 Å². The summed E-state index contributed by atoms with van der Waals surface area (Å²) in [6, 6.07) is 15.6. The number of amides is 1. The minimum absolute atomic E-state index is 0.212. The van der Waals surface area contributed by atoms with E-state index in [9.17, 15) is 4.79 Å². The summed E-state index contributed by atoms with van der Waals surface area (Å²) >= 11 is 1.66. The fourth-order valence-corrected chi connectivity index (χ4v) is 3.54. The number of rotatable bonds is 5. The number of aromatic amines is 1. The van der Waals surface area contributed by atoms with Crippen molar-refractivity contribution < 1.29 is 4.79 Å². The number of aromatic nitrogens is 4. The zero-order valence-corrected chi connectivity index (χ0v) is 15.0. The van der Waals surface area contributed by atoms with E-state index < -0.39 is 0 Å². The topological polar surface area (TPSA) is 75.6 Å². The van der Waals surface area contributed by atoms with Gasteiger partial charge in [-0.05, 0) is 42.8 Å². The summed E-state index contributed by atoms with van der Waals surface area (Å²) in [5, 5.41) is 14.3. The molecule has 0 bridgehead atoms. The van der Waals surface area contributed by atoms with E-state index in [1.165, 1.54) is 4.88 Å². The zero-order chi connectivity index (χ0) is 17.9. The van der Waals surface area contributed by atoms with Gasteiger partial charge < -0.3 is 5.32 Å². The second kappa shape index (κ2) is 6.97. The van der Waals surface area contributed by atoms with Crippen LogP contribution in [0.3, 0.4) is 0 Å². The average Bonchev–Trinajstić information content (AvgIpc) is 3.40. The van der Waals surface area contributed by atoms with Crippen molar-refractivity contribution in [1.82, 2.24) is 25.3 Å². The van der Waals surface area contributed by atoms with Crippen LogP contribution in [0.1, 0.15) is 20.9 Å². The van der Waals surface area contributed by atoms with E-state index in [2.05, 4.69) is 27.5 Å². The maximum atomic E-state index is 12.5. The molecule has 130 valence electrons. The van der Waals surface area contributed by atoms with Gasteiger partial charge in [-0.3, -0.25) is 9.89 Å². The Hall–Kier alpha value is -3.19. The standard InChI is InChI=1S/C19H17N5OS/c1-13-7-8-18(26-13)15-11-16(23-22-15)19(25)20-12-14-5-2-3-6-17(14)24-10-4-9-21-24/h2-11H,12H2,1H3,(H,20,25)(H,22,23). The van der Waals surface area contributed by atoms with Crippen LogP contribution in [-0.2, 0) is 6.54 Å². The van der Waals surface area contributed by atoms with Gasteiger partial charge in [0.15, 0.2) is 5.69 Å². The smallest absolute Gasteiger partial charge is 0.272 e. The molecule has 2 N–H and O–H groups in total. The molecule has 3 heterocycles. The van der Waals surface area contributed by atoms with E-state index in [1.807, 2.05) is 48.7 Å². The lowest BCUT2D eigenvalue weighted by atomic mass is 10.1. The molecular formula is C19H17N5OS. The highest BCUT2D eigenvalue weighted by Gasteiger charge is 2.13. The predicted molar refractivity (Wildman–Crippen MR) is 101 cm³/mol. The van der Waals surface area contributed by atoms with E-state index in [1.54, 1.807) is 28.3 Å². The van der Waals surface area contributed by atoms with Crippen molar-refractivity contribution in [2.45, 2.75) is 13.5 Å². The molecule has 0 atom stereocenters. The Morgan fingerprint density at radius 3 is 2.88 bits per heavy atom. The number of hydrogen-bond acceptors (Lipinski definition) is 4. The van der Waals surface area contributed by atoms with Crippen LogP contribution in [0.2, 0.25) is 0 Å². The van der Waals surface area contributed by atoms with Gasteiger partial charge in [0.1, 0.15) is 0 Å². The van der Waals surface area contributed by atoms with Gasteiger partial charge in [-0.1, -0.05) is 18.2 Å². The SMILES string of the molecule is Cc1ccc(-c2cc(C(=O)NCc3ccccc3-n3cccn3)n[nH]2)s1. The summed E-state index contributed by atoms with van der Waals surface area (Å²) in [5.74, 6) is -0.212. The number of hydrogen-bond donors (Lipinski definition) is 2. The van der Waals surface area contributed by atoms with Gasteiger partial charge in [0.05, 0.1) is 16.3 Å². The van der Waals surface area contributed by atoms with Gasteiger partial charge in [-0.15, -0.1) is 11.3 Å². The van der Waals surface area contributed by atoms with E-state index in [-0.39, 0.29) is 5.91 Å². The molecule has 0 saturated heterocycles. The normalized spacial score (nSPS) is 10.8. The Bertz CT molecular complexity index is 1030. The summed E-state index contributed by atoms with van der Waals surface area (Å²) in [7, 11) is 0. The molecule has 0 unspecified atom stereocenters. The summed E-state index contributed by atoms with van der Waals surface area (Å²) in [6.07, 6.45) is 3.61. The molecule has 0 fully saturated rings. The van der Waals surface area contributed by atoms with Crippen LogP contribution in [-0.4, -0.2) is 25.9 Å². The van der Waals surface area contributed by atoms with Crippen LogP contribution in [0.15, 0.2) is 60.9 Å². The van der Waals surface area contributed by atoms with Crippen molar-refractivity contribution in [2.24, 2.45) is 0 Å². The van der Waals surface area contributed by atoms with Crippen molar-refractivity contribution in [1.29, 1.82) is 0 Å². The molecule has 0 spiro atoms. The lowest BCUT2D eigenvalue weighted by molar-refractivity contribution is 0.0946. The van der Waals surface area contributed by atoms with Crippen LogP contribution >= 0.6 is 11.3 Å². The Balaban J connectivity index is 1.48. The lowest BCUT2D eigenvalue weighted by Crippen LogP contribution is -2.24. The first kappa shape index (κ1) is 16.3. The Labute approximate surface area is 154 Å². The first-order chi connectivity index (χ1) is 12.7. The highest BCUT2D eigenvalue weighted by Crippen LogP contribution is 2.26. The van der Waals surface area contributed by atoms with Crippen LogP contribution in [0.25, 0.3) is 16.3 Å². The molecule has 0 radical (unpaired) electrons. The number of H-pyrrole nitrogens is 1. The molecule has 1 amide bonds. The van der Waals surface area contributed by atoms with Crippen LogP contribution in [0, 0.1) is 6.92 Å². The lowest BCUT2D eigenvalue weighted by Gasteiger charge is -2.10. The fraction of sp³-hybridized carbons (Fsp3) is 0.105. The molecule has 7 heteroatoms. The highest BCUT2D eigenvalue weighted by atomic mass is 32.1. The number of nitrogens with one attached hydrogen (secondary N) is 2. The maximum absolute atomic E-state index is 12.5. The van der Waals surface area contributed by atoms with E-state index in [0.717, 1.165) is 21.8 Å². The quantitative estimate of drug-likeness (QED) is 0.569. The molecular weight excluding hydrogens is 346 g/mol. The van der Waals surface area contributed by atoms with Gasteiger partial charge in [-0.25, -0.2) is 4.68 Å². The van der Waals surface area contributed by atoms with Crippen LogP contribution < -0.4 is 5.32 Å². The largest absolute Gasteiger partial charge is 0.346 e. The van der Waals surface area contributed by atoms with Crippen molar-refractivity contribution in [3.8, 4) is 16.3 Å². The van der Waals surface area contributed by atoms with E-state index >= 15 is 0 Å². The van der Waals surface area contributed by atoms with E-state index in [0.29, 0.717) is 12.2 Å². The molecule has 0 aliphatic rings. The number of para-hydroxylation sites is 1. The van der Waals surface area contributed by atoms with Crippen LogP contribution in [0.4, 0.5) is 0 Å². The summed E-state index contributed by atoms with van der Waals surface area (Å²) in [6.45, 7) is 2.45. The first-order valence-electron chi connectivity index (χ1n) is 8.19. The third-order valence-electron chi connectivity index (χ3n) is 4.00. The Morgan fingerprint density at radius 2 is 2.12 bits per heavy atom. The summed E-state index contributed by atoms with van der Waals surface area (Å²) < 4.78 is 1.78. The Kier molecular flexibility index (Phi) is 4.37. The number of nitrogens with zero attached hydrogens (tertiary/aromatic N) is 3. The number of thiophene rings is 1. The van der Waals surface area contributed by atoms with Crippen molar-refractivity contribution in [3.63, 3.8) is 0 Å². The van der Waals surface area contributed by atoms with E-state index in [4.69, 9.17) is 0 Å². The molecule has 0 aliphatic heterocycles. The first-order valence-corrected chi connectivity index (χ1v) is 9.01. The number of carbonyl (C=O) groups excluding carboxylic acids is 1. The summed E-state index contributed by atoms with van der Waals surface area (Å²) in [5.41, 5.74) is 3.15.